The van der Waals surface area contributed by atoms with Gasteiger partial charge in [0.15, 0.2) is 0 Å². The van der Waals surface area contributed by atoms with Crippen molar-refractivity contribution in [1.82, 2.24) is 0 Å². The number of benzene rings is 1. The van der Waals surface area contributed by atoms with Crippen LogP contribution in [0.5, 0.6) is 0 Å². The quantitative estimate of drug-likeness (QED) is 0.688. The minimum atomic E-state index is 0.703. The Morgan fingerprint density at radius 2 is 2.18 bits per heavy atom. The normalized spacial score (nSPS) is 20.3. The summed E-state index contributed by atoms with van der Waals surface area (Å²) in [4.78, 5) is 2.59. The van der Waals surface area contributed by atoms with Crippen molar-refractivity contribution in [3.63, 3.8) is 0 Å². The van der Waals surface area contributed by atoms with Crippen molar-refractivity contribution in [3.8, 4) is 0 Å². The summed E-state index contributed by atoms with van der Waals surface area (Å²) in [6.07, 6.45) is 2.65. The fourth-order valence-corrected chi connectivity index (χ4v) is 3.58. The molecule has 0 radical (unpaired) electrons. The first-order valence-corrected chi connectivity index (χ1v) is 8.16. The Kier molecular flexibility index (Phi) is 4.53. The topological polar surface area (TPSA) is 3.24 Å². The second-order valence-electron chi connectivity index (χ2n) is 5.05. The van der Waals surface area contributed by atoms with Gasteiger partial charge in [-0.25, -0.2) is 0 Å². The Hall–Kier alpha value is -0.0200. The average Bonchev–Trinajstić information content (AvgIpc) is 2.77. The number of hydrogen-bond donors (Lipinski definition) is 0. The van der Waals surface area contributed by atoms with E-state index in [0.29, 0.717) is 6.04 Å². The monoisotopic (exact) mass is 359 g/mol. The highest BCUT2D eigenvalue weighted by Gasteiger charge is 2.28. The molecule has 3 heteroatoms. The van der Waals surface area contributed by atoms with Crippen LogP contribution < -0.4 is 4.90 Å². The van der Waals surface area contributed by atoms with Gasteiger partial charge in [-0.1, -0.05) is 45.7 Å². The van der Waals surface area contributed by atoms with Crippen LogP contribution in [-0.2, 0) is 5.33 Å². The van der Waals surface area contributed by atoms with E-state index in [1.165, 1.54) is 30.6 Å². The first-order valence-electron chi connectivity index (χ1n) is 6.24. The van der Waals surface area contributed by atoms with E-state index in [-0.39, 0.29) is 0 Å². The number of anilines is 1. The summed E-state index contributed by atoms with van der Waals surface area (Å²) in [7, 11) is 0. The molecule has 1 nitrogen and oxygen atoms in total. The smallest absolute Gasteiger partial charge is 0.0410 e. The lowest BCUT2D eigenvalue weighted by Gasteiger charge is -2.31. The maximum Gasteiger partial charge on any atom is 0.0410 e. The molecule has 94 valence electrons. The molecule has 2 rings (SSSR count). The van der Waals surface area contributed by atoms with Gasteiger partial charge in [0, 0.05) is 28.1 Å². The lowest BCUT2D eigenvalue weighted by molar-refractivity contribution is 0.491. The summed E-state index contributed by atoms with van der Waals surface area (Å²) < 4.78 is 1.16. The van der Waals surface area contributed by atoms with Gasteiger partial charge in [-0.2, -0.15) is 0 Å². The molecule has 1 atom stereocenters. The molecule has 1 fully saturated rings. The van der Waals surface area contributed by atoms with Gasteiger partial charge in [-0.05, 0) is 42.5 Å². The zero-order valence-corrected chi connectivity index (χ0v) is 13.6. The van der Waals surface area contributed by atoms with Crippen molar-refractivity contribution >= 4 is 37.5 Å². The fourth-order valence-electron chi connectivity index (χ4n) is 2.73. The third-order valence-electron chi connectivity index (χ3n) is 3.56. The molecular formula is C14H19Br2N. The van der Waals surface area contributed by atoms with Crippen LogP contribution in [0.15, 0.2) is 22.7 Å². The van der Waals surface area contributed by atoms with Crippen LogP contribution >= 0.6 is 31.9 Å². The predicted octanol–water partition coefficient (Wildman–Crippen LogP) is 4.97. The average molecular weight is 361 g/mol. The molecular weight excluding hydrogens is 342 g/mol. The SMILES string of the molecule is CC(C)C1CCCN1c1ccc(Br)cc1CBr. The van der Waals surface area contributed by atoms with Crippen LogP contribution in [0.25, 0.3) is 0 Å². The molecule has 1 heterocycles. The van der Waals surface area contributed by atoms with Crippen LogP contribution in [0.3, 0.4) is 0 Å². The highest BCUT2D eigenvalue weighted by molar-refractivity contribution is 9.10. The van der Waals surface area contributed by atoms with Crippen molar-refractivity contribution < 1.29 is 0 Å². The highest BCUT2D eigenvalue weighted by atomic mass is 79.9. The maximum absolute atomic E-state index is 3.60. The zero-order valence-electron chi connectivity index (χ0n) is 10.4. The van der Waals surface area contributed by atoms with Crippen molar-refractivity contribution in [2.45, 2.75) is 38.1 Å². The third kappa shape index (κ3) is 2.87. The molecule has 1 saturated heterocycles. The minimum absolute atomic E-state index is 0.703. The van der Waals surface area contributed by atoms with E-state index in [9.17, 15) is 0 Å². The first kappa shape index (κ1) is 13.4. The van der Waals surface area contributed by atoms with E-state index in [4.69, 9.17) is 0 Å². The third-order valence-corrected chi connectivity index (χ3v) is 4.66. The van der Waals surface area contributed by atoms with Crippen molar-refractivity contribution in [2.75, 3.05) is 11.4 Å². The molecule has 0 aromatic heterocycles. The lowest BCUT2D eigenvalue weighted by atomic mass is 10.0. The van der Waals surface area contributed by atoms with Gasteiger partial charge in [-0.15, -0.1) is 0 Å². The fraction of sp³-hybridized carbons (Fsp3) is 0.571. The Bertz CT molecular complexity index is 390. The van der Waals surface area contributed by atoms with E-state index >= 15 is 0 Å². The largest absolute Gasteiger partial charge is 0.368 e. The van der Waals surface area contributed by atoms with Crippen LogP contribution in [0, 0.1) is 5.92 Å². The molecule has 0 amide bonds. The summed E-state index contributed by atoms with van der Waals surface area (Å²) in [5.41, 5.74) is 2.79. The molecule has 0 N–H and O–H groups in total. The van der Waals surface area contributed by atoms with Crippen molar-refractivity contribution in [3.05, 3.63) is 28.2 Å². The van der Waals surface area contributed by atoms with E-state index in [1.807, 2.05) is 0 Å². The van der Waals surface area contributed by atoms with Gasteiger partial charge < -0.3 is 4.90 Å². The van der Waals surface area contributed by atoms with Gasteiger partial charge in [0.2, 0.25) is 0 Å². The molecule has 1 aromatic rings. The Morgan fingerprint density at radius 3 is 2.82 bits per heavy atom. The lowest BCUT2D eigenvalue weighted by Crippen LogP contribution is -2.33. The number of alkyl halides is 1. The highest BCUT2D eigenvalue weighted by Crippen LogP contribution is 2.34. The number of rotatable bonds is 3. The molecule has 1 aliphatic rings. The molecule has 1 aliphatic heterocycles. The summed E-state index contributed by atoms with van der Waals surface area (Å²) >= 11 is 7.15. The van der Waals surface area contributed by atoms with Crippen molar-refractivity contribution in [1.29, 1.82) is 0 Å². The summed E-state index contributed by atoms with van der Waals surface area (Å²) in [5.74, 6) is 0.726. The van der Waals surface area contributed by atoms with E-state index < -0.39 is 0 Å². The van der Waals surface area contributed by atoms with Gasteiger partial charge in [0.25, 0.3) is 0 Å². The maximum atomic E-state index is 3.60. The van der Waals surface area contributed by atoms with Gasteiger partial charge in [0.1, 0.15) is 0 Å². The van der Waals surface area contributed by atoms with Crippen LogP contribution in [0.4, 0.5) is 5.69 Å². The summed E-state index contributed by atoms with van der Waals surface area (Å²) in [5, 5.41) is 0.920. The van der Waals surface area contributed by atoms with Crippen molar-refractivity contribution in [2.24, 2.45) is 5.92 Å². The van der Waals surface area contributed by atoms with Gasteiger partial charge in [-0.3, -0.25) is 0 Å². The minimum Gasteiger partial charge on any atom is -0.368 e. The number of nitrogens with zero attached hydrogens (tertiary/aromatic N) is 1. The Morgan fingerprint density at radius 1 is 1.41 bits per heavy atom. The molecule has 0 saturated carbocycles. The molecule has 0 aliphatic carbocycles. The standard InChI is InChI=1S/C14H19Br2N/c1-10(2)13-4-3-7-17(13)14-6-5-12(16)8-11(14)9-15/h5-6,8,10,13H,3-4,7,9H2,1-2H3. The second kappa shape index (κ2) is 5.75. The molecule has 0 spiro atoms. The zero-order chi connectivity index (χ0) is 12.4. The van der Waals surface area contributed by atoms with E-state index in [2.05, 4.69) is 68.8 Å². The van der Waals surface area contributed by atoms with Crippen LogP contribution in [0.1, 0.15) is 32.3 Å². The number of halogens is 2. The summed E-state index contributed by atoms with van der Waals surface area (Å²) in [6, 6.07) is 7.33. The summed E-state index contributed by atoms with van der Waals surface area (Å²) in [6.45, 7) is 5.86. The first-order chi connectivity index (χ1) is 8.13. The molecule has 17 heavy (non-hydrogen) atoms. The molecule has 0 bridgehead atoms. The number of hydrogen-bond acceptors (Lipinski definition) is 1. The predicted molar refractivity (Wildman–Crippen MR) is 82.0 cm³/mol. The second-order valence-corrected chi connectivity index (χ2v) is 6.53. The Balaban J connectivity index is 2.32. The Labute approximate surface area is 121 Å². The molecule has 1 unspecified atom stereocenters. The van der Waals surface area contributed by atoms with E-state index in [0.717, 1.165) is 15.7 Å². The van der Waals surface area contributed by atoms with Crippen LogP contribution in [0.2, 0.25) is 0 Å². The van der Waals surface area contributed by atoms with Crippen LogP contribution in [-0.4, -0.2) is 12.6 Å². The van der Waals surface area contributed by atoms with Gasteiger partial charge >= 0.3 is 0 Å². The van der Waals surface area contributed by atoms with E-state index in [1.54, 1.807) is 0 Å². The van der Waals surface area contributed by atoms with Gasteiger partial charge in [0.05, 0.1) is 0 Å². The molecule has 1 aromatic carbocycles.